The Morgan fingerprint density at radius 1 is 1.00 bits per heavy atom. The quantitative estimate of drug-likeness (QED) is 0.763. The Balaban J connectivity index is 1.45. The molecule has 0 bridgehead atoms. The maximum atomic E-state index is 4.62. The maximum absolute atomic E-state index is 4.62. The first-order valence-electron chi connectivity index (χ1n) is 8.81. The number of thiazole rings is 1. The number of nitrogens with one attached hydrogen (secondary N) is 1. The van der Waals surface area contributed by atoms with Crippen LogP contribution in [0.1, 0.15) is 6.42 Å². The second-order valence-corrected chi connectivity index (χ2v) is 7.31. The lowest BCUT2D eigenvalue weighted by Crippen LogP contribution is -2.28. The van der Waals surface area contributed by atoms with Gasteiger partial charge in [0.1, 0.15) is 22.3 Å². The van der Waals surface area contributed by atoms with Crippen LogP contribution in [0.3, 0.4) is 0 Å². The fraction of sp³-hybridized carbons (Fsp3) is 0.316. The minimum atomic E-state index is 0.773. The fourth-order valence-electron chi connectivity index (χ4n) is 3.06. The molecule has 0 saturated carbocycles. The van der Waals surface area contributed by atoms with E-state index in [2.05, 4.69) is 43.2 Å². The molecule has 0 unspecified atom stereocenters. The third-order valence-corrected chi connectivity index (χ3v) is 5.28. The highest BCUT2D eigenvalue weighted by atomic mass is 32.1. The molecule has 1 saturated heterocycles. The van der Waals surface area contributed by atoms with Crippen molar-refractivity contribution in [1.29, 1.82) is 0 Å². The van der Waals surface area contributed by atoms with Crippen molar-refractivity contribution >= 4 is 28.7 Å². The average Bonchev–Trinajstić information content (AvgIpc) is 3.12. The standard InChI is InChI=1S/C19H22N6S/c1-24-9-3-10-25(12-11-24)15-6-7-17(21-14-15)23-18-5-2-4-16(22-18)19-20-8-13-26-19/h2,4-8,13-14H,3,9-12H2,1H3,(H,21,22,23). The topological polar surface area (TPSA) is 57.2 Å². The molecule has 1 aliphatic heterocycles. The minimum absolute atomic E-state index is 0.773. The summed E-state index contributed by atoms with van der Waals surface area (Å²) in [6, 6.07) is 10.0. The molecular formula is C19H22N6S. The zero-order valence-electron chi connectivity index (χ0n) is 14.8. The summed E-state index contributed by atoms with van der Waals surface area (Å²) in [5.74, 6) is 1.57. The third kappa shape index (κ3) is 4.00. The number of hydrogen-bond acceptors (Lipinski definition) is 7. The lowest BCUT2D eigenvalue weighted by atomic mass is 10.3. The molecule has 3 aromatic rings. The number of pyridine rings is 2. The van der Waals surface area contributed by atoms with Crippen molar-refractivity contribution < 1.29 is 0 Å². The van der Waals surface area contributed by atoms with Gasteiger partial charge in [0, 0.05) is 31.2 Å². The van der Waals surface area contributed by atoms with Gasteiger partial charge in [0.05, 0.1) is 11.9 Å². The van der Waals surface area contributed by atoms with Crippen LogP contribution in [0.4, 0.5) is 17.3 Å². The van der Waals surface area contributed by atoms with E-state index >= 15 is 0 Å². The predicted octanol–water partition coefficient (Wildman–Crippen LogP) is 3.49. The highest BCUT2D eigenvalue weighted by Gasteiger charge is 2.13. The van der Waals surface area contributed by atoms with Crippen LogP contribution in [-0.4, -0.2) is 53.1 Å². The van der Waals surface area contributed by atoms with Gasteiger partial charge in [0.15, 0.2) is 0 Å². The molecule has 1 N–H and O–H groups in total. The summed E-state index contributed by atoms with van der Waals surface area (Å²) in [5.41, 5.74) is 2.05. The first-order valence-corrected chi connectivity index (χ1v) is 9.69. The number of aromatic nitrogens is 3. The molecule has 6 nitrogen and oxygen atoms in total. The Kier molecular flexibility index (Phi) is 5.08. The van der Waals surface area contributed by atoms with Crippen LogP contribution in [0.15, 0.2) is 48.1 Å². The third-order valence-electron chi connectivity index (χ3n) is 4.49. The van der Waals surface area contributed by atoms with Crippen LogP contribution in [0.5, 0.6) is 0 Å². The molecular weight excluding hydrogens is 344 g/mol. The van der Waals surface area contributed by atoms with Gasteiger partial charge in [-0.15, -0.1) is 11.3 Å². The van der Waals surface area contributed by atoms with Crippen molar-refractivity contribution in [2.45, 2.75) is 6.42 Å². The molecule has 1 aliphatic rings. The molecule has 0 spiro atoms. The Bertz CT molecular complexity index is 834. The summed E-state index contributed by atoms with van der Waals surface area (Å²) in [7, 11) is 2.18. The number of hydrogen-bond donors (Lipinski definition) is 1. The molecule has 0 radical (unpaired) electrons. The normalized spacial score (nSPS) is 15.7. The van der Waals surface area contributed by atoms with Crippen molar-refractivity contribution in [3.8, 4) is 10.7 Å². The van der Waals surface area contributed by atoms with E-state index in [-0.39, 0.29) is 0 Å². The van der Waals surface area contributed by atoms with Crippen LogP contribution in [0.25, 0.3) is 10.7 Å². The molecule has 0 aromatic carbocycles. The summed E-state index contributed by atoms with van der Waals surface area (Å²) in [6.07, 6.45) is 4.92. The van der Waals surface area contributed by atoms with E-state index in [1.165, 1.54) is 12.1 Å². The molecule has 7 heteroatoms. The minimum Gasteiger partial charge on any atom is -0.369 e. The zero-order chi connectivity index (χ0) is 17.8. The van der Waals surface area contributed by atoms with Crippen LogP contribution in [0, 0.1) is 0 Å². The van der Waals surface area contributed by atoms with E-state index in [1.807, 2.05) is 35.8 Å². The average molecular weight is 366 g/mol. The molecule has 26 heavy (non-hydrogen) atoms. The summed E-state index contributed by atoms with van der Waals surface area (Å²) in [4.78, 5) is 18.3. The van der Waals surface area contributed by atoms with Gasteiger partial charge in [-0.1, -0.05) is 6.07 Å². The van der Waals surface area contributed by atoms with Crippen molar-refractivity contribution in [2.24, 2.45) is 0 Å². The zero-order valence-corrected chi connectivity index (χ0v) is 15.6. The molecule has 4 heterocycles. The summed E-state index contributed by atoms with van der Waals surface area (Å²) >= 11 is 1.58. The fourth-order valence-corrected chi connectivity index (χ4v) is 3.66. The largest absolute Gasteiger partial charge is 0.369 e. The maximum Gasteiger partial charge on any atom is 0.141 e. The number of anilines is 3. The van der Waals surface area contributed by atoms with Gasteiger partial charge in [0.25, 0.3) is 0 Å². The van der Waals surface area contributed by atoms with Crippen LogP contribution in [0.2, 0.25) is 0 Å². The lowest BCUT2D eigenvalue weighted by Gasteiger charge is -2.22. The van der Waals surface area contributed by atoms with Gasteiger partial charge in [0.2, 0.25) is 0 Å². The lowest BCUT2D eigenvalue weighted by molar-refractivity contribution is 0.360. The van der Waals surface area contributed by atoms with Crippen LogP contribution >= 0.6 is 11.3 Å². The molecule has 0 atom stereocenters. The van der Waals surface area contributed by atoms with E-state index in [9.17, 15) is 0 Å². The molecule has 3 aromatic heterocycles. The Hall–Kier alpha value is -2.51. The SMILES string of the molecule is CN1CCCN(c2ccc(Nc3cccc(-c4nccs4)n3)nc2)CC1. The Morgan fingerprint density at radius 2 is 1.96 bits per heavy atom. The van der Waals surface area contributed by atoms with Gasteiger partial charge >= 0.3 is 0 Å². The smallest absolute Gasteiger partial charge is 0.141 e. The van der Waals surface area contributed by atoms with Crippen molar-refractivity contribution in [3.05, 3.63) is 48.1 Å². The van der Waals surface area contributed by atoms with Crippen molar-refractivity contribution in [1.82, 2.24) is 19.9 Å². The first-order chi connectivity index (χ1) is 12.8. The monoisotopic (exact) mass is 366 g/mol. The molecule has 4 rings (SSSR count). The van der Waals surface area contributed by atoms with Gasteiger partial charge in [-0.3, -0.25) is 0 Å². The van der Waals surface area contributed by atoms with E-state index in [1.54, 1.807) is 17.5 Å². The van der Waals surface area contributed by atoms with E-state index < -0.39 is 0 Å². The molecule has 134 valence electrons. The van der Waals surface area contributed by atoms with Crippen LogP contribution in [-0.2, 0) is 0 Å². The summed E-state index contributed by atoms with van der Waals surface area (Å²) in [6.45, 7) is 4.37. The van der Waals surface area contributed by atoms with E-state index in [0.29, 0.717) is 0 Å². The van der Waals surface area contributed by atoms with Gasteiger partial charge in [-0.2, -0.15) is 0 Å². The van der Waals surface area contributed by atoms with E-state index in [0.717, 1.165) is 48.5 Å². The Morgan fingerprint density at radius 3 is 2.77 bits per heavy atom. The second-order valence-electron chi connectivity index (χ2n) is 6.42. The van der Waals surface area contributed by atoms with Crippen LogP contribution < -0.4 is 10.2 Å². The number of rotatable bonds is 4. The summed E-state index contributed by atoms with van der Waals surface area (Å²) in [5, 5.41) is 6.16. The van der Waals surface area contributed by atoms with Gasteiger partial charge < -0.3 is 15.1 Å². The van der Waals surface area contributed by atoms with Gasteiger partial charge in [-0.05, 0) is 44.3 Å². The van der Waals surface area contributed by atoms with Crippen molar-refractivity contribution in [3.63, 3.8) is 0 Å². The summed E-state index contributed by atoms with van der Waals surface area (Å²) < 4.78 is 0. The van der Waals surface area contributed by atoms with E-state index in [4.69, 9.17) is 0 Å². The second kappa shape index (κ2) is 7.80. The highest BCUT2D eigenvalue weighted by Crippen LogP contribution is 2.23. The Labute approximate surface area is 157 Å². The molecule has 1 fully saturated rings. The number of nitrogens with zero attached hydrogens (tertiary/aromatic N) is 5. The van der Waals surface area contributed by atoms with Gasteiger partial charge in [-0.25, -0.2) is 15.0 Å². The first kappa shape index (κ1) is 16.9. The van der Waals surface area contributed by atoms with Crippen molar-refractivity contribution in [2.75, 3.05) is 43.4 Å². The predicted molar refractivity (Wildman–Crippen MR) is 107 cm³/mol. The number of likely N-dealkylation sites (N-methyl/N-ethyl adjacent to an activating group) is 1. The molecule has 0 amide bonds. The highest BCUT2D eigenvalue weighted by molar-refractivity contribution is 7.13. The molecule has 0 aliphatic carbocycles.